The maximum Gasteiger partial charge on any atom is 0.232 e. The van der Waals surface area contributed by atoms with E-state index in [4.69, 9.17) is 0 Å². The highest BCUT2D eigenvalue weighted by atomic mass is 16.2. The fourth-order valence-electron chi connectivity index (χ4n) is 5.20. The van der Waals surface area contributed by atoms with Crippen molar-refractivity contribution >= 4 is 11.8 Å². The Morgan fingerprint density at radius 2 is 2.04 bits per heavy atom. The summed E-state index contributed by atoms with van der Waals surface area (Å²) in [5, 5.41) is 3.19. The van der Waals surface area contributed by atoms with Crippen molar-refractivity contribution in [2.75, 3.05) is 0 Å². The second kappa shape index (κ2) is 7.49. The Labute approximate surface area is 162 Å². The Morgan fingerprint density at radius 3 is 2.81 bits per heavy atom. The summed E-state index contributed by atoms with van der Waals surface area (Å²) in [6.07, 6.45) is 10.7. The molecule has 3 aliphatic rings. The number of rotatable bonds is 4. The van der Waals surface area contributed by atoms with Crippen LogP contribution in [-0.2, 0) is 16.1 Å². The van der Waals surface area contributed by atoms with E-state index in [2.05, 4.69) is 36.5 Å². The summed E-state index contributed by atoms with van der Waals surface area (Å²) in [6.45, 7) is 2.62. The first-order valence-corrected chi connectivity index (χ1v) is 10.5. The van der Waals surface area contributed by atoms with Crippen LogP contribution in [0.5, 0.6) is 0 Å². The second-order valence-corrected chi connectivity index (χ2v) is 8.44. The van der Waals surface area contributed by atoms with Crippen LogP contribution in [0, 0.1) is 12.3 Å². The third kappa shape index (κ3) is 3.42. The number of benzene rings is 1. The van der Waals surface area contributed by atoms with Crippen LogP contribution < -0.4 is 5.32 Å². The number of piperidine rings is 1. The van der Waals surface area contributed by atoms with Gasteiger partial charge in [-0.05, 0) is 51.0 Å². The molecular weight excluding hydrogens is 336 g/mol. The molecule has 1 aromatic rings. The number of hydrogen-bond donors (Lipinski definition) is 1. The number of carbonyl (C=O) groups excluding carboxylic acids is 2. The van der Waals surface area contributed by atoms with E-state index in [1.165, 1.54) is 18.4 Å². The molecule has 4 rings (SSSR count). The summed E-state index contributed by atoms with van der Waals surface area (Å²) in [5.74, 6) is 0.322. The molecule has 0 aromatic heterocycles. The lowest BCUT2D eigenvalue weighted by atomic mass is 9.68. The average molecular weight is 367 g/mol. The quantitative estimate of drug-likeness (QED) is 0.867. The van der Waals surface area contributed by atoms with Gasteiger partial charge in [0.2, 0.25) is 11.8 Å². The highest BCUT2D eigenvalue weighted by molar-refractivity contribution is 5.91. The molecule has 27 heavy (non-hydrogen) atoms. The molecule has 2 fully saturated rings. The summed E-state index contributed by atoms with van der Waals surface area (Å²) < 4.78 is 0. The summed E-state index contributed by atoms with van der Waals surface area (Å²) >= 11 is 0. The lowest BCUT2D eigenvalue weighted by Crippen LogP contribution is -2.55. The van der Waals surface area contributed by atoms with Gasteiger partial charge in [-0.1, -0.05) is 48.7 Å². The van der Waals surface area contributed by atoms with Gasteiger partial charge in [0, 0.05) is 24.7 Å². The van der Waals surface area contributed by atoms with E-state index in [0.29, 0.717) is 25.4 Å². The highest BCUT2D eigenvalue weighted by Gasteiger charge is 2.51. The van der Waals surface area contributed by atoms with Gasteiger partial charge in [0.05, 0.1) is 5.41 Å². The standard InChI is InChI=1S/C23H30N2O2/c1-17-7-6-8-18(15-17)16-24-22(27)23-13-5-4-11-20(23)25(21(26)12-14-23)19-9-2-3-10-19/h6-8,11,15,19H,2-5,9-10,12-14,16H2,1H3,(H,24,27). The van der Waals surface area contributed by atoms with Crippen LogP contribution in [0.25, 0.3) is 0 Å². The summed E-state index contributed by atoms with van der Waals surface area (Å²) in [4.78, 5) is 28.2. The zero-order valence-electron chi connectivity index (χ0n) is 16.3. The molecule has 0 spiro atoms. The number of fused-ring (bicyclic) bond motifs is 1. The molecule has 144 valence electrons. The van der Waals surface area contributed by atoms with Crippen molar-refractivity contribution in [3.05, 3.63) is 47.2 Å². The van der Waals surface area contributed by atoms with Crippen molar-refractivity contribution in [2.45, 2.75) is 77.3 Å². The average Bonchev–Trinajstić information content (AvgIpc) is 3.20. The number of amides is 2. The molecule has 1 heterocycles. The monoisotopic (exact) mass is 366 g/mol. The third-order valence-corrected chi connectivity index (χ3v) is 6.59. The van der Waals surface area contributed by atoms with Crippen molar-refractivity contribution in [3.63, 3.8) is 0 Å². The molecule has 4 heteroatoms. The van der Waals surface area contributed by atoms with E-state index in [1.54, 1.807) is 0 Å². The van der Waals surface area contributed by atoms with Gasteiger partial charge in [0.15, 0.2) is 0 Å². The molecule has 1 aromatic carbocycles. The number of nitrogens with one attached hydrogen (secondary N) is 1. The van der Waals surface area contributed by atoms with Gasteiger partial charge < -0.3 is 10.2 Å². The predicted octanol–water partition coefficient (Wildman–Crippen LogP) is 4.23. The Bertz CT molecular complexity index is 763. The minimum absolute atomic E-state index is 0.102. The van der Waals surface area contributed by atoms with Crippen LogP contribution in [0.15, 0.2) is 36.0 Å². The lowest BCUT2D eigenvalue weighted by Gasteiger charge is -2.48. The molecule has 1 saturated carbocycles. The van der Waals surface area contributed by atoms with Gasteiger partial charge in [-0.15, -0.1) is 0 Å². The fourth-order valence-corrected chi connectivity index (χ4v) is 5.20. The van der Waals surface area contributed by atoms with Gasteiger partial charge in [-0.2, -0.15) is 0 Å². The Balaban J connectivity index is 1.57. The van der Waals surface area contributed by atoms with E-state index >= 15 is 0 Å². The highest BCUT2D eigenvalue weighted by Crippen LogP contribution is 2.49. The van der Waals surface area contributed by atoms with Crippen LogP contribution in [-0.4, -0.2) is 22.8 Å². The van der Waals surface area contributed by atoms with Gasteiger partial charge in [0.25, 0.3) is 0 Å². The predicted molar refractivity (Wildman–Crippen MR) is 106 cm³/mol. The molecule has 0 bridgehead atoms. The second-order valence-electron chi connectivity index (χ2n) is 8.44. The molecule has 2 aliphatic carbocycles. The van der Waals surface area contributed by atoms with Crippen LogP contribution in [0.3, 0.4) is 0 Å². The maximum absolute atomic E-state index is 13.4. The molecule has 1 aliphatic heterocycles. The summed E-state index contributed by atoms with van der Waals surface area (Å²) in [6, 6.07) is 8.56. The largest absolute Gasteiger partial charge is 0.351 e. The number of aryl methyl sites for hydroxylation is 1. The molecule has 1 N–H and O–H groups in total. The van der Waals surface area contributed by atoms with Crippen molar-refractivity contribution in [3.8, 4) is 0 Å². The van der Waals surface area contributed by atoms with Gasteiger partial charge in [-0.3, -0.25) is 9.59 Å². The zero-order chi connectivity index (χ0) is 18.9. The van der Waals surface area contributed by atoms with E-state index in [-0.39, 0.29) is 11.8 Å². The van der Waals surface area contributed by atoms with Crippen molar-refractivity contribution in [2.24, 2.45) is 5.41 Å². The summed E-state index contributed by atoms with van der Waals surface area (Å²) in [7, 11) is 0. The van der Waals surface area contributed by atoms with Crippen LogP contribution in [0.1, 0.15) is 68.9 Å². The molecule has 2 amide bonds. The fraction of sp³-hybridized carbons (Fsp3) is 0.565. The van der Waals surface area contributed by atoms with Crippen molar-refractivity contribution in [1.82, 2.24) is 10.2 Å². The van der Waals surface area contributed by atoms with Gasteiger partial charge in [0.1, 0.15) is 0 Å². The Morgan fingerprint density at radius 1 is 1.22 bits per heavy atom. The van der Waals surface area contributed by atoms with Gasteiger partial charge in [-0.25, -0.2) is 0 Å². The molecule has 1 saturated heterocycles. The van der Waals surface area contributed by atoms with Crippen LogP contribution >= 0.6 is 0 Å². The van der Waals surface area contributed by atoms with Crippen LogP contribution in [0.4, 0.5) is 0 Å². The van der Waals surface area contributed by atoms with Gasteiger partial charge >= 0.3 is 0 Å². The molecule has 1 atom stereocenters. The van der Waals surface area contributed by atoms with Crippen molar-refractivity contribution in [1.29, 1.82) is 0 Å². The number of hydrogen-bond acceptors (Lipinski definition) is 2. The lowest BCUT2D eigenvalue weighted by molar-refractivity contribution is -0.142. The Kier molecular flexibility index (Phi) is 5.07. The minimum Gasteiger partial charge on any atom is -0.351 e. The van der Waals surface area contributed by atoms with Crippen molar-refractivity contribution < 1.29 is 9.59 Å². The van der Waals surface area contributed by atoms with Crippen LogP contribution in [0.2, 0.25) is 0 Å². The molecule has 0 radical (unpaired) electrons. The topological polar surface area (TPSA) is 49.4 Å². The number of likely N-dealkylation sites (tertiary alicyclic amines) is 1. The maximum atomic E-state index is 13.4. The number of carbonyl (C=O) groups is 2. The number of allylic oxidation sites excluding steroid dienone is 1. The zero-order valence-corrected chi connectivity index (χ0v) is 16.3. The molecule has 1 unspecified atom stereocenters. The van der Waals surface area contributed by atoms with E-state index in [9.17, 15) is 9.59 Å². The summed E-state index contributed by atoms with van der Waals surface area (Å²) in [5.41, 5.74) is 2.83. The smallest absolute Gasteiger partial charge is 0.232 e. The SMILES string of the molecule is Cc1cccc(CNC(=O)C23CCCC=C2N(C2CCCC2)C(=O)CC3)c1. The first-order valence-electron chi connectivity index (χ1n) is 10.5. The normalized spacial score (nSPS) is 25.9. The van der Waals surface area contributed by atoms with E-state index < -0.39 is 5.41 Å². The van der Waals surface area contributed by atoms with E-state index in [0.717, 1.165) is 43.4 Å². The van der Waals surface area contributed by atoms with E-state index in [1.807, 2.05) is 11.0 Å². The Hall–Kier alpha value is -2.10. The number of nitrogens with zero attached hydrogens (tertiary/aromatic N) is 1. The molecular formula is C23H30N2O2. The third-order valence-electron chi connectivity index (χ3n) is 6.59. The first kappa shape index (κ1) is 18.3. The first-order chi connectivity index (χ1) is 13.1. The minimum atomic E-state index is -0.515. The molecule has 4 nitrogen and oxygen atoms in total.